The van der Waals surface area contributed by atoms with Gasteiger partial charge in [0, 0.05) is 12.6 Å². The molecule has 0 radical (unpaired) electrons. The molecule has 3 nitrogen and oxygen atoms in total. The highest BCUT2D eigenvalue weighted by Gasteiger charge is 2.07. The minimum absolute atomic E-state index is 0.0269. The molecule has 2 aromatic rings. The number of carbonyl (C=O) groups excluding carboxylic acids is 2. The summed E-state index contributed by atoms with van der Waals surface area (Å²) in [7, 11) is 0. The summed E-state index contributed by atoms with van der Waals surface area (Å²) in [6, 6.07) is 9.20. The smallest absolute Gasteiger partial charge is 0.166 e. The van der Waals surface area contributed by atoms with E-state index in [0.717, 1.165) is 5.56 Å². The second-order valence-corrected chi connectivity index (χ2v) is 4.02. The predicted octanol–water partition coefficient (Wildman–Crippen LogP) is 2.25. The van der Waals surface area contributed by atoms with Gasteiger partial charge in [0.1, 0.15) is 5.82 Å². The highest BCUT2D eigenvalue weighted by molar-refractivity contribution is 5.82. The normalized spacial score (nSPS) is 10.3. The number of nitrogens with zero attached hydrogens (tertiary/aromatic N) is 1. The number of aldehydes is 1. The molecule has 2 rings (SSSR count). The third kappa shape index (κ3) is 2.91. The summed E-state index contributed by atoms with van der Waals surface area (Å²) < 4.78 is 14.3. The van der Waals surface area contributed by atoms with E-state index >= 15 is 0 Å². The fraction of sp³-hybridized carbons (Fsp3) is 0.143. The number of halogens is 1. The van der Waals surface area contributed by atoms with Crippen LogP contribution in [-0.4, -0.2) is 16.6 Å². The van der Waals surface area contributed by atoms with Gasteiger partial charge in [0.25, 0.3) is 0 Å². The van der Waals surface area contributed by atoms with Gasteiger partial charge < -0.3 is 4.57 Å². The van der Waals surface area contributed by atoms with Crippen LogP contribution >= 0.6 is 0 Å². The van der Waals surface area contributed by atoms with Gasteiger partial charge in [-0.2, -0.15) is 0 Å². The lowest BCUT2D eigenvalue weighted by atomic mass is 10.1. The summed E-state index contributed by atoms with van der Waals surface area (Å²) in [6.07, 6.45) is 2.63. The van der Waals surface area contributed by atoms with Crippen LogP contribution < -0.4 is 0 Å². The number of hydrogen-bond donors (Lipinski definition) is 0. The highest BCUT2D eigenvalue weighted by Crippen LogP contribution is 2.06. The zero-order valence-corrected chi connectivity index (χ0v) is 9.67. The van der Waals surface area contributed by atoms with Crippen molar-refractivity contribution >= 4 is 12.1 Å². The van der Waals surface area contributed by atoms with Crippen LogP contribution in [0.25, 0.3) is 0 Å². The van der Waals surface area contributed by atoms with E-state index in [2.05, 4.69) is 0 Å². The third-order valence-corrected chi connectivity index (χ3v) is 2.65. The van der Waals surface area contributed by atoms with Crippen LogP contribution in [0.2, 0.25) is 0 Å². The first-order valence-electron chi connectivity index (χ1n) is 5.55. The van der Waals surface area contributed by atoms with E-state index in [9.17, 15) is 14.0 Å². The van der Waals surface area contributed by atoms with Crippen molar-refractivity contribution in [3.8, 4) is 0 Å². The van der Waals surface area contributed by atoms with Crippen LogP contribution in [0.5, 0.6) is 0 Å². The quantitative estimate of drug-likeness (QED) is 0.758. The monoisotopic (exact) mass is 245 g/mol. The van der Waals surface area contributed by atoms with Crippen molar-refractivity contribution in [1.29, 1.82) is 0 Å². The van der Waals surface area contributed by atoms with Gasteiger partial charge in [-0.1, -0.05) is 12.1 Å². The molecule has 0 aliphatic rings. The molecule has 92 valence electrons. The van der Waals surface area contributed by atoms with E-state index < -0.39 is 0 Å². The molecule has 1 heterocycles. The SMILES string of the molecule is O=Cc1cccn1CC(=O)Cc1ccc(F)cc1. The first-order valence-corrected chi connectivity index (χ1v) is 5.55. The molecule has 0 saturated heterocycles. The summed E-state index contributed by atoms with van der Waals surface area (Å²) in [5, 5.41) is 0. The Morgan fingerprint density at radius 1 is 1.22 bits per heavy atom. The Labute approximate surface area is 104 Å². The van der Waals surface area contributed by atoms with E-state index in [1.807, 2.05) is 0 Å². The van der Waals surface area contributed by atoms with E-state index in [-0.39, 0.29) is 24.6 Å². The van der Waals surface area contributed by atoms with Crippen LogP contribution in [0, 0.1) is 5.82 Å². The van der Waals surface area contributed by atoms with Gasteiger partial charge in [0.05, 0.1) is 12.2 Å². The summed E-state index contributed by atoms with van der Waals surface area (Å²) >= 11 is 0. The van der Waals surface area contributed by atoms with Crippen LogP contribution in [-0.2, 0) is 17.8 Å². The molecule has 0 aliphatic heterocycles. The van der Waals surface area contributed by atoms with Crippen molar-refractivity contribution in [2.75, 3.05) is 0 Å². The maximum atomic E-state index is 12.7. The summed E-state index contributed by atoms with van der Waals surface area (Å²) in [4.78, 5) is 22.5. The Morgan fingerprint density at radius 3 is 2.61 bits per heavy atom. The second kappa shape index (κ2) is 5.40. The molecular weight excluding hydrogens is 233 g/mol. The van der Waals surface area contributed by atoms with Gasteiger partial charge in [0.2, 0.25) is 0 Å². The number of ketones is 1. The Morgan fingerprint density at radius 2 is 1.94 bits per heavy atom. The lowest BCUT2D eigenvalue weighted by Crippen LogP contribution is -2.13. The molecule has 0 atom stereocenters. The van der Waals surface area contributed by atoms with Crippen molar-refractivity contribution < 1.29 is 14.0 Å². The van der Waals surface area contributed by atoms with E-state index in [4.69, 9.17) is 0 Å². The first-order chi connectivity index (χ1) is 8.69. The van der Waals surface area contributed by atoms with Crippen molar-refractivity contribution in [1.82, 2.24) is 4.57 Å². The zero-order chi connectivity index (χ0) is 13.0. The number of hydrogen-bond acceptors (Lipinski definition) is 2. The first kappa shape index (κ1) is 12.2. The van der Waals surface area contributed by atoms with E-state index in [0.29, 0.717) is 12.0 Å². The molecule has 0 unspecified atom stereocenters. The topological polar surface area (TPSA) is 39.1 Å². The van der Waals surface area contributed by atoms with E-state index in [1.165, 1.54) is 12.1 Å². The van der Waals surface area contributed by atoms with Gasteiger partial charge in [-0.3, -0.25) is 9.59 Å². The Balaban J connectivity index is 2.01. The molecule has 1 aromatic heterocycles. The third-order valence-electron chi connectivity index (χ3n) is 2.65. The maximum absolute atomic E-state index is 12.7. The summed E-state index contributed by atoms with van der Waals surface area (Å²) in [5.74, 6) is -0.347. The molecule has 1 aromatic carbocycles. The second-order valence-electron chi connectivity index (χ2n) is 4.02. The van der Waals surface area contributed by atoms with Gasteiger partial charge in [0.15, 0.2) is 12.1 Å². The zero-order valence-electron chi connectivity index (χ0n) is 9.67. The Hall–Kier alpha value is -2.23. The number of benzene rings is 1. The van der Waals surface area contributed by atoms with Crippen LogP contribution in [0.4, 0.5) is 4.39 Å². The molecule has 0 fully saturated rings. The molecule has 0 spiro atoms. The fourth-order valence-corrected chi connectivity index (χ4v) is 1.75. The number of carbonyl (C=O) groups is 2. The Bertz CT molecular complexity index is 557. The molecule has 0 saturated carbocycles. The minimum Gasteiger partial charge on any atom is -0.338 e. The van der Waals surface area contributed by atoms with Crippen molar-refractivity contribution in [3.05, 3.63) is 59.7 Å². The van der Waals surface area contributed by atoms with Crippen molar-refractivity contribution in [2.45, 2.75) is 13.0 Å². The molecular formula is C14H12FNO2. The molecule has 4 heteroatoms. The van der Waals surface area contributed by atoms with Crippen LogP contribution in [0.3, 0.4) is 0 Å². The minimum atomic E-state index is -0.320. The Kier molecular flexibility index (Phi) is 3.67. The largest absolute Gasteiger partial charge is 0.338 e. The highest BCUT2D eigenvalue weighted by atomic mass is 19.1. The predicted molar refractivity (Wildman–Crippen MR) is 64.9 cm³/mol. The average Bonchev–Trinajstić information content (AvgIpc) is 2.79. The number of Topliss-reactive ketones (excluding diaryl/α,β-unsaturated/α-hetero) is 1. The van der Waals surface area contributed by atoms with E-state index in [1.54, 1.807) is 35.0 Å². The van der Waals surface area contributed by atoms with Gasteiger partial charge in [-0.25, -0.2) is 4.39 Å². The standard InChI is InChI=1S/C14H12FNO2/c15-12-5-3-11(4-6-12)8-14(18)9-16-7-1-2-13(16)10-17/h1-7,10H,8-9H2. The number of rotatable bonds is 5. The maximum Gasteiger partial charge on any atom is 0.166 e. The van der Waals surface area contributed by atoms with Crippen LogP contribution in [0.1, 0.15) is 16.1 Å². The van der Waals surface area contributed by atoms with Crippen molar-refractivity contribution in [2.24, 2.45) is 0 Å². The summed E-state index contributed by atoms with van der Waals surface area (Å²) in [6.45, 7) is 0.151. The van der Waals surface area contributed by atoms with Gasteiger partial charge >= 0.3 is 0 Å². The fourth-order valence-electron chi connectivity index (χ4n) is 1.75. The number of aromatic nitrogens is 1. The molecule has 0 amide bonds. The average molecular weight is 245 g/mol. The lowest BCUT2D eigenvalue weighted by molar-refractivity contribution is -0.119. The van der Waals surface area contributed by atoms with Gasteiger partial charge in [-0.15, -0.1) is 0 Å². The lowest BCUT2D eigenvalue weighted by Gasteiger charge is -2.05. The molecule has 18 heavy (non-hydrogen) atoms. The van der Waals surface area contributed by atoms with Gasteiger partial charge in [-0.05, 0) is 29.8 Å². The van der Waals surface area contributed by atoms with Crippen LogP contribution in [0.15, 0.2) is 42.6 Å². The molecule has 0 N–H and O–H groups in total. The molecule has 0 aliphatic carbocycles. The summed E-state index contributed by atoms with van der Waals surface area (Å²) in [5.41, 5.74) is 1.24. The van der Waals surface area contributed by atoms with Crippen molar-refractivity contribution in [3.63, 3.8) is 0 Å². The molecule has 0 bridgehead atoms.